The minimum Gasteiger partial charge on any atom is -0.468 e. The van der Waals surface area contributed by atoms with Gasteiger partial charge in [0.1, 0.15) is 6.04 Å². The molecule has 4 heteroatoms. The molecule has 0 saturated heterocycles. The number of hydrogen-bond acceptors (Lipinski definition) is 4. The molecule has 0 amide bonds. The quantitative estimate of drug-likeness (QED) is 0.467. The molecule has 0 aliphatic rings. The Morgan fingerprint density at radius 3 is 2.33 bits per heavy atom. The van der Waals surface area contributed by atoms with Crippen LogP contribution < -0.4 is 5.73 Å². The molecule has 0 rings (SSSR count). The molecular weight excluding hydrogens is 122 g/mol. The molecule has 2 atom stereocenters. The highest BCUT2D eigenvalue weighted by atomic mass is 16.5. The molecule has 54 valence electrons. The van der Waals surface area contributed by atoms with Gasteiger partial charge in [-0.25, -0.2) is 0 Å². The molecule has 3 N–H and O–H groups in total. The number of methoxy groups -OCH3 is 1. The van der Waals surface area contributed by atoms with E-state index in [-0.39, 0.29) is 0 Å². The first-order valence-electron chi connectivity index (χ1n) is 2.61. The van der Waals surface area contributed by atoms with E-state index >= 15 is 0 Å². The number of esters is 1. The van der Waals surface area contributed by atoms with Gasteiger partial charge in [-0.1, -0.05) is 0 Å². The molecule has 1 unspecified atom stereocenters. The van der Waals surface area contributed by atoms with Crippen LogP contribution in [0.3, 0.4) is 0 Å². The van der Waals surface area contributed by atoms with Crippen molar-refractivity contribution in [1.29, 1.82) is 0 Å². The molecule has 9 heavy (non-hydrogen) atoms. The summed E-state index contributed by atoms with van der Waals surface area (Å²) in [7, 11) is 1.23. The summed E-state index contributed by atoms with van der Waals surface area (Å²) in [6, 6.07) is -0.921. The van der Waals surface area contributed by atoms with Crippen molar-refractivity contribution in [2.75, 3.05) is 7.11 Å². The van der Waals surface area contributed by atoms with Gasteiger partial charge in [0.05, 0.1) is 13.2 Å². The Morgan fingerprint density at radius 1 is 1.78 bits per heavy atom. The maximum atomic E-state index is 10.4. The van der Waals surface area contributed by atoms with Crippen LogP contribution in [0.4, 0.5) is 0 Å². The number of aliphatic hydroxyl groups excluding tert-OH is 1. The van der Waals surface area contributed by atoms with E-state index in [1.165, 1.54) is 14.0 Å². The zero-order valence-electron chi connectivity index (χ0n) is 5.50. The van der Waals surface area contributed by atoms with E-state index in [4.69, 9.17) is 10.8 Å². The lowest BCUT2D eigenvalue weighted by atomic mass is 10.2. The van der Waals surface area contributed by atoms with Crippen molar-refractivity contribution in [2.24, 2.45) is 5.73 Å². The van der Waals surface area contributed by atoms with E-state index in [1.54, 1.807) is 0 Å². The zero-order chi connectivity index (χ0) is 7.44. The van der Waals surface area contributed by atoms with Gasteiger partial charge in [0, 0.05) is 0 Å². The fourth-order valence-electron chi connectivity index (χ4n) is 0.333. The van der Waals surface area contributed by atoms with Crippen LogP contribution in [0.1, 0.15) is 6.92 Å². The predicted molar refractivity (Wildman–Crippen MR) is 31.7 cm³/mol. The molecule has 0 heterocycles. The van der Waals surface area contributed by atoms with E-state index in [0.29, 0.717) is 0 Å². The van der Waals surface area contributed by atoms with Crippen molar-refractivity contribution in [3.05, 3.63) is 0 Å². The Hall–Kier alpha value is -0.610. The van der Waals surface area contributed by atoms with Gasteiger partial charge >= 0.3 is 5.97 Å². The van der Waals surface area contributed by atoms with E-state index < -0.39 is 18.1 Å². The maximum Gasteiger partial charge on any atom is 0.325 e. The van der Waals surface area contributed by atoms with Crippen molar-refractivity contribution >= 4 is 5.97 Å². The van der Waals surface area contributed by atoms with Gasteiger partial charge in [-0.15, -0.1) is 0 Å². The van der Waals surface area contributed by atoms with Gasteiger partial charge < -0.3 is 15.6 Å². The zero-order valence-corrected chi connectivity index (χ0v) is 5.50. The third kappa shape index (κ3) is 2.43. The van der Waals surface area contributed by atoms with Crippen LogP contribution in [0.5, 0.6) is 0 Å². The minimum absolute atomic E-state index is 0.593. The summed E-state index contributed by atoms with van der Waals surface area (Å²) in [6.45, 7) is 1.43. The van der Waals surface area contributed by atoms with Gasteiger partial charge in [-0.3, -0.25) is 4.79 Å². The smallest absolute Gasteiger partial charge is 0.325 e. The van der Waals surface area contributed by atoms with Crippen LogP contribution in [-0.4, -0.2) is 30.3 Å². The second kappa shape index (κ2) is 3.42. The fourth-order valence-corrected chi connectivity index (χ4v) is 0.333. The van der Waals surface area contributed by atoms with Crippen LogP contribution >= 0.6 is 0 Å². The van der Waals surface area contributed by atoms with Gasteiger partial charge in [0.2, 0.25) is 0 Å². The van der Waals surface area contributed by atoms with Crippen molar-refractivity contribution in [3.63, 3.8) is 0 Å². The standard InChI is InChI=1S/C5H11NO3/c1-3(7)4(6)5(8)9-2/h3-4,7H,6H2,1-2H3/t3-,4?/m0/s1. The molecular formula is C5H11NO3. The molecule has 0 radical (unpaired) electrons. The average Bonchev–Trinajstić information content (AvgIpc) is 1.84. The van der Waals surface area contributed by atoms with Gasteiger partial charge in [0.15, 0.2) is 0 Å². The molecule has 0 aliphatic carbocycles. The van der Waals surface area contributed by atoms with Crippen molar-refractivity contribution in [3.8, 4) is 0 Å². The largest absolute Gasteiger partial charge is 0.468 e. The average molecular weight is 133 g/mol. The molecule has 0 aliphatic heterocycles. The lowest BCUT2D eigenvalue weighted by molar-refractivity contribution is -0.144. The first-order chi connectivity index (χ1) is 4.09. The first-order valence-corrected chi connectivity index (χ1v) is 2.61. The lowest BCUT2D eigenvalue weighted by Gasteiger charge is -2.10. The topological polar surface area (TPSA) is 72.5 Å². The van der Waals surface area contributed by atoms with Crippen molar-refractivity contribution in [2.45, 2.75) is 19.1 Å². The number of carbonyl (C=O) groups is 1. The number of rotatable bonds is 2. The second-order valence-corrected chi connectivity index (χ2v) is 1.79. The first kappa shape index (κ1) is 8.39. The van der Waals surface area contributed by atoms with Crippen molar-refractivity contribution in [1.82, 2.24) is 0 Å². The van der Waals surface area contributed by atoms with Crippen molar-refractivity contribution < 1.29 is 14.6 Å². The Labute approximate surface area is 53.6 Å². The number of carbonyl (C=O) groups excluding carboxylic acids is 1. The lowest BCUT2D eigenvalue weighted by Crippen LogP contribution is -2.40. The molecule has 0 bridgehead atoms. The third-order valence-electron chi connectivity index (χ3n) is 0.993. The second-order valence-electron chi connectivity index (χ2n) is 1.79. The predicted octanol–water partition coefficient (Wildman–Crippen LogP) is -1.13. The molecule has 0 fully saturated rings. The van der Waals surface area contributed by atoms with Crippen LogP contribution in [0.2, 0.25) is 0 Å². The number of aliphatic hydroxyl groups is 1. The normalized spacial score (nSPS) is 16.4. The van der Waals surface area contributed by atoms with Gasteiger partial charge in [-0.2, -0.15) is 0 Å². The Morgan fingerprint density at radius 2 is 2.22 bits per heavy atom. The highest BCUT2D eigenvalue weighted by molar-refractivity contribution is 5.75. The summed E-state index contributed by atoms with van der Waals surface area (Å²) >= 11 is 0. The highest BCUT2D eigenvalue weighted by Gasteiger charge is 2.18. The molecule has 0 spiro atoms. The SMILES string of the molecule is COC(=O)C(N)[C@H](C)O. The van der Waals surface area contributed by atoms with Crippen LogP contribution in [0, 0.1) is 0 Å². The van der Waals surface area contributed by atoms with Crippen LogP contribution in [0.15, 0.2) is 0 Å². The van der Waals surface area contributed by atoms with E-state index in [0.717, 1.165) is 0 Å². The summed E-state index contributed by atoms with van der Waals surface area (Å²) in [5.74, 6) is -0.593. The number of nitrogens with two attached hydrogens (primary N) is 1. The summed E-state index contributed by atoms with van der Waals surface area (Å²) < 4.78 is 4.25. The fraction of sp³-hybridized carbons (Fsp3) is 0.800. The van der Waals surface area contributed by atoms with Crippen LogP contribution in [0.25, 0.3) is 0 Å². The maximum absolute atomic E-state index is 10.4. The summed E-state index contributed by atoms with van der Waals surface area (Å²) in [5, 5.41) is 8.70. The number of ether oxygens (including phenoxy) is 1. The Bertz CT molecular complexity index is 102. The van der Waals surface area contributed by atoms with Crippen LogP contribution in [-0.2, 0) is 9.53 Å². The number of hydrogen-bond donors (Lipinski definition) is 2. The molecule has 0 aromatic rings. The van der Waals surface area contributed by atoms with Gasteiger partial charge in [-0.05, 0) is 6.92 Å². The Kier molecular flexibility index (Phi) is 3.19. The highest BCUT2D eigenvalue weighted by Crippen LogP contribution is 1.89. The summed E-state index contributed by atoms with van der Waals surface area (Å²) in [6.07, 6.45) is -0.850. The van der Waals surface area contributed by atoms with E-state index in [9.17, 15) is 4.79 Å². The molecule has 0 aromatic heterocycles. The monoisotopic (exact) mass is 133 g/mol. The van der Waals surface area contributed by atoms with E-state index in [2.05, 4.69) is 4.74 Å². The Balaban J connectivity index is 3.72. The minimum atomic E-state index is -0.921. The van der Waals surface area contributed by atoms with Gasteiger partial charge in [0.25, 0.3) is 0 Å². The summed E-state index contributed by atoms with van der Waals surface area (Å²) in [4.78, 5) is 10.4. The van der Waals surface area contributed by atoms with E-state index in [1.807, 2.05) is 0 Å². The summed E-state index contributed by atoms with van der Waals surface area (Å²) in [5.41, 5.74) is 5.15. The molecule has 4 nitrogen and oxygen atoms in total. The molecule has 0 aromatic carbocycles. The third-order valence-corrected chi connectivity index (χ3v) is 0.993. The molecule has 0 saturated carbocycles.